The van der Waals surface area contributed by atoms with Crippen molar-refractivity contribution in [3.05, 3.63) is 35.4 Å². The van der Waals surface area contributed by atoms with Crippen LogP contribution in [0.15, 0.2) is 29.3 Å². The van der Waals surface area contributed by atoms with Crippen LogP contribution in [0.3, 0.4) is 0 Å². The highest BCUT2D eigenvalue weighted by Gasteiger charge is 2.46. The molecule has 3 heteroatoms. The predicted octanol–water partition coefficient (Wildman–Crippen LogP) is 1.48. The van der Waals surface area contributed by atoms with Crippen LogP contribution in [-0.4, -0.2) is 23.9 Å². The van der Waals surface area contributed by atoms with Crippen LogP contribution < -0.4 is 5.73 Å². The second-order valence-corrected chi connectivity index (χ2v) is 4.61. The van der Waals surface area contributed by atoms with Crippen LogP contribution in [0.2, 0.25) is 0 Å². The Morgan fingerprint density at radius 1 is 1.44 bits per heavy atom. The van der Waals surface area contributed by atoms with Gasteiger partial charge in [0.1, 0.15) is 0 Å². The molecule has 0 aromatic heterocycles. The van der Waals surface area contributed by atoms with Gasteiger partial charge in [0.05, 0.1) is 12.1 Å². The Morgan fingerprint density at radius 2 is 2.25 bits per heavy atom. The first-order valence-electron chi connectivity index (χ1n) is 5.94. The van der Waals surface area contributed by atoms with Crippen LogP contribution >= 0.6 is 0 Å². The van der Waals surface area contributed by atoms with Crippen molar-refractivity contribution in [2.75, 3.05) is 13.1 Å². The van der Waals surface area contributed by atoms with Gasteiger partial charge in [-0.05, 0) is 30.9 Å². The molecule has 2 N–H and O–H groups in total. The summed E-state index contributed by atoms with van der Waals surface area (Å²) < 4.78 is 0. The highest BCUT2D eigenvalue weighted by Crippen LogP contribution is 2.43. The summed E-state index contributed by atoms with van der Waals surface area (Å²) in [6, 6.07) is 8.70. The van der Waals surface area contributed by atoms with Crippen LogP contribution in [0.1, 0.15) is 24.5 Å². The van der Waals surface area contributed by atoms with Crippen molar-refractivity contribution in [3.8, 4) is 0 Å². The molecule has 3 rings (SSSR count). The normalized spacial score (nSPS) is 27.3. The number of likely N-dealkylation sites (N-methyl/N-ethyl adjacent to an activating group) is 1. The second kappa shape index (κ2) is 3.24. The minimum Gasteiger partial charge on any atom is -0.370 e. The summed E-state index contributed by atoms with van der Waals surface area (Å²) in [4.78, 5) is 6.71. The molecule has 1 heterocycles. The number of benzene rings is 1. The Balaban J connectivity index is 2.09. The summed E-state index contributed by atoms with van der Waals surface area (Å²) in [6.07, 6.45) is 2.29. The first-order chi connectivity index (χ1) is 7.78. The molecule has 16 heavy (non-hydrogen) atoms. The smallest absolute Gasteiger partial charge is 0.192 e. The average molecular weight is 215 g/mol. The number of nitrogens with zero attached hydrogens (tertiary/aromatic N) is 2. The maximum atomic E-state index is 5.98. The number of nitrogens with two attached hydrogens (primary N) is 1. The van der Waals surface area contributed by atoms with E-state index in [4.69, 9.17) is 5.73 Å². The van der Waals surface area contributed by atoms with Crippen molar-refractivity contribution < 1.29 is 0 Å². The van der Waals surface area contributed by atoms with Gasteiger partial charge in [-0.2, -0.15) is 0 Å². The minimum atomic E-state index is 0.0649. The van der Waals surface area contributed by atoms with Gasteiger partial charge < -0.3 is 10.6 Å². The fourth-order valence-corrected chi connectivity index (χ4v) is 3.18. The lowest BCUT2D eigenvalue weighted by Crippen LogP contribution is -2.47. The van der Waals surface area contributed by atoms with Crippen LogP contribution in [0.25, 0.3) is 0 Å². The van der Waals surface area contributed by atoms with E-state index >= 15 is 0 Å². The summed E-state index contributed by atoms with van der Waals surface area (Å²) in [6.45, 7) is 3.91. The van der Waals surface area contributed by atoms with Crippen molar-refractivity contribution in [2.24, 2.45) is 10.7 Å². The molecule has 0 saturated heterocycles. The molecule has 1 aliphatic heterocycles. The molecule has 1 spiro atoms. The third-order valence-electron chi connectivity index (χ3n) is 3.94. The Bertz CT molecular complexity index is 452. The van der Waals surface area contributed by atoms with E-state index in [2.05, 4.69) is 41.1 Å². The van der Waals surface area contributed by atoms with E-state index < -0.39 is 0 Å². The molecule has 0 bridgehead atoms. The molecule has 1 aromatic carbocycles. The summed E-state index contributed by atoms with van der Waals surface area (Å²) in [5, 5.41) is 0. The summed E-state index contributed by atoms with van der Waals surface area (Å²) in [5.74, 6) is 0.708. The molecule has 1 unspecified atom stereocenters. The number of fused-ring (bicyclic) bond motifs is 2. The van der Waals surface area contributed by atoms with Gasteiger partial charge in [0, 0.05) is 6.54 Å². The second-order valence-electron chi connectivity index (χ2n) is 4.61. The van der Waals surface area contributed by atoms with E-state index in [1.165, 1.54) is 11.1 Å². The van der Waals surface area contributed by atoms with Gasteiger partial charge in [-0.1, -0.05) is 24.3 Å². The van der Waals surface area contributed by atoms with E-state index in [-0.39, 0.29) is 5.54 Å². The third-order valence-corrected chi connectivity index (χ3v) is 3.94. The predicted molar refractivity (Wildman–Crippen MR) is 65.3 cm³/mol. The Hall–Kier alpha value is -1.51. The van der Waals surface area contributed by atoms with Gasteiger partial charge in [-0.15, -0.1) is 0 Å². The lowest BCUT2D eigenvalue weighted by molar-refractivity contribution is 0.210. The third kappa shape index (κ3) is 1.06. The number of guanidine groups is 1. The first kappa shape index (κ1) is 9.70. The van der Waals surface area contributed by atoms with Gasteiger partial charge in [0.25, 0.3) is 0 Å². The van der Waals surface area contributed by atoms with E-state index in [9.17, 15) is 0 Å². The maximum absolute atomic E-state index is 5.98. The van der Waals surface area contributed by atoms with Crippen molar-refractivity contribution >= 4 is 5.96 Å². The van der Waals surface area contributed by atoms with E-state index in [1.54, 1.807) is 0 Å². The number of aryl methyl sites for hydroxylation is 1. The van der Waals surface area contributed by atoms with Crippen LogP contribution in [0.4, 0.5) is 0 Å². The lowest BCUT2D eigenvalue weighted by Gasteiger charge is -2.36. The molecule has 1 atom stereocenters. The molecule has 84 valence electrons. The Labute approximate surface area is 96.0 Å². The summed E-state index contributed by atoms with van der Waals surface area (Å²) >= 11 is 0. The zero-order chi connectivity index (χ0) is 11.2. The largest absolute Gasteiger partial charge is 0.370 e. The molecule has 2 aliphatic rings. The number of hydrogen-bond donors (Lipinski definition) is 1. The van der Waals surface area contributed by atoms with Gasteiger partial charge in [-0.3, -0.25) is 4.99 Å². The molecule has 1 aliphatic carbocycles. The topological polar surface area (TPSA) is 41.6 Å². The molecular weight excluding hydrogens is 198 g/mol. The van der Waals surface area contributed by atoms with E-state index in [1.807, 2.05) is 0 Å². The van der Waals surface area contributed by atoms with Gasteiger partial charge in [0.2, 0.25) is 0 Å². The number of rotatable bonds is 1. The summed E-state index contributed by atoms with van der Waals surface area (Å²) in [5.41, 5.74) is 8.94. The highest BCUT2D eigenvalue weighted by molar-refractivity contribution is 5.81. The number of aliphatic imine (C=N–C) groups is 1. The minimum absolute atomic E-state index is 0.0649. The zero-order valence-electron chi connectivity index (χ0n) is 9.61. The molecule has 0 amide bonds. The van der Waals surface area contributed by atoms with Gasteiger partial charge in [0.15, 0.2) is 5.96 Å². The SMILES string of the molecule is CCN1C(N)=NCC12CCc1ccccc12. The first-order valence-corrected chi connectivity index (χ1v) is 5.94. The van der Waals surface area contributed by atoms with E-state index in [0.29, 0.717) is 5.96 Å². The van der Waals surface area contributed by atoms with Gasteiger partial charge in [-0.25, -0.2) is 0 Å². The lowest BCUT2D eigenvalue weighted by atomic mass is 9.91. The zero-order valence-corrected chi connectivity index (χ0v) is 9.61. The quantitative estimate of drug-likeness (QED) is 0.771. The fourth-order valence-electron chi connectivity index (χ4n) is 3.18. The van der Waals surface area contributed by atoms with Crippen molar-refractivity contribution in [1.29, 1.82) is 0 Å². The molecule has 1 aromatic rings. The van der Waals surface area contributed by atoms with Crippen molar-refractivity contribution in [3.63, 3.8) is 0 Å². The standard InChI is InChI=1S/C13H17N3/c1-2-16-12(14)15-9-13(16)8-7-10-5-3-4-6-11(10)13/h3-6H,2,7-9H2,1H3,(H2,14,15). The summed E-state index contributed by atoms with van der Waals surface area (Å²) in [7, 11) is 0. The maximum Gasteiger partial charge on any atom is 0.192 e. The van der Waals surface area contributed by atoms with Crippen molar-refractivity contribution in [1.82, 2.24) is 4.90 Å². The van der Waals surface area contributed by atoms with Crippen LogP contribution in [0, 0.1) is 0 Å². The molecule has 0 fully saturated rings. The van der Waals surface area contributed by atoms with E-state index in [0.717, 1.165) is 25.9 Å². The highest BCUT2D eigenvalue weighted by atomic mass is 15.4. The Morgan fingerprint density at radius 3 is 3.06 bits per heavy atom. The Kier molecular flexibility index (Phi) is 1.96. The molecular formula is C13H17N3. The molecule has 0 radical (unpaired) electrons. The fraction of sp³-hybridized carbons (Fsp3) is 0.462. The monoisotopic (exact) mass is 215 g/mol. The molecule has 3 nitrogen and oxygen atoms in total. The average Bonchev–Trinajstić information content (AvgIpc) is 2.83. The van der Waals surface area contributed by atoms with Crippen molar-refractivity contribution in [2.45, 2.75) is 25.3 Å². The van der Waals surface area contributed by atoms with Gasteiger partial charge >= 0.3 is 0 Å². The number of hydrogen-bond acceptors (Lipinski definition) is 3. The van der Waals surface area contributed by atoms with Crippen LogP contribution in [0.5, 0.6) is 0 Å². The molecule has 0 saturated carbocycles. The van der Waals surface area contributed by atoms with Crippen LogP contribution in [-0.2, 0) is 12.0 Å².